The quantitative estimate of drug-likeness (QED) is 0.486. The van der Waals surface area contributed by atoms with Crippen molar-refractivity contribution in [2.24, 2.45) is 0 Å². The topological polar surface area (TPSA) is 40.9 Å². The first-order valence-electron chi connectivity index (χ1n) is 3.45. The smallest absolute Gasteiger partial charge is 0.185 e. The van der Waals surface area contributed by atoms with Gasteiger partial charge in [-0.3, -0.25) is 4.79 Å². The molecule has 0 aliphatic heterocycles. The number of carbonyl (C=O) groups excluding carboxylic acids is 1. The minimum Gasteiger partial charge on any atom is -0.289 e. The summed E-state index contributed by atoms with van der Waals surface area (Å²) < 4.78 is 0. The molecule has 12 heavy (non-hydrogen) atoms. The number of carbonyl (C=O) groups is 1. The van der Waals surface area contributed by atoms with E-state index < -0.39 is 0 Å². The molecule has 0 unspecified atom stereocenters. The van der Waals surface area contributed by atoms with Crippen LogP contribution in [0.4, 0.5) is 0 Å². The summed E-state index contributed by atoms with van der Waals surface area (Å²) in [6.07, 6.45) is 1.23. The second kappa shape index (κ2) is 3.49. The van der Waals surface area contributed by atoms with Crippen molar-refractivity contribution in [1.82, 2.24) is 0 Å². The first kappa shape index (κ1) is 8.22. The molecule has 0 fully saturated rings. The third kappa shape index (κ3) is 1.58. The zero-order chi connectivity index (χ0) is 8.97. The van der Waals surface area contributed by atoms with E-state index in [1.807, 2.05) is 6.07 Å². The lowest BCUT2D eigenvalue weighted by Crippen LogP contribution is -1.93. The van der Waals surface area contributed by atoms with Gasteiger partial charge in [0.15, 0.2) is 5.78 Å². The van der Waals surface area contributed by atoms with Crippen molar-refractivity contribution in [3.8, 4) is 6.07 Å². The number of nitriles is 1. The van der Waals surface area contributed by atoms with Gasteiger partial charge in [-0.15, -0.1) is 0 Å². The van der Waals surface area contributed by atoms with Crippen LogP contribution in [0.2, 0.25) is 0 Å². The molecule has 0 saturated heterocycles. The van der Waals surface area contributed by atoms with Gasteiger partial charge in [-0.25, -0.2) is 0 Å². The Morgan fingerprint density at radius 1 is 1.58 bits per heavy atom. The first-order valence-corrected chi connectivity index (χ1v) is 3.45. The van der Waals surface area contributed by atoms with Gasteiger partial charge in [0.05, 0.1) is 11.6 Å². The molecule has 0 amide bonds. The Morgan fingerprint density at radius 2 is 2.33 bits per heavy atom. The molecule has 0 bridgehead atoms. The standard InChI is InChI=1S/C10H7NO/c1-2-10(12)9-5-3-4-8(6-9)7-11/h2-6H,1H2. The van der Waals surface area contributed by atoms with Crippen molar-refractivity contribution in [1.29, 1.82) is 5.26 Å². The summed E-state index contributed by atoms with van der Waals surface area (Å²) >= 11 is 0. The fourth-order valence-electron chi connectivity index (χ4n) is 0.860. The fraction of sp³-hybridized carbons (Fsp3) is 0. The second-order valence-corrected chi connectivity index (χ2v) is 2.26. The lowest BCUT2D eigenvalue weighted by Gasteiger charge is -1.94. The van der Waals surface area contributed by atoms with Crippen molar-refractivity contribution in [2.75, 3.05) is 0 Å². The van der Waals surface area contributed by atoms with E-state index >= 15 is 0 Å². The molecule has 1 rings (SSSR count). The molecule has 0 N–H and O–H groups in total. The highest BCUT2D eigenvalue weighted by Gasteiger charge is 2.00. The lowest BCUT2D eigenvalue weighted by molar-refractivity contribution is 0.104. The molecule has 0 atom stereocenters. The highest BCUT2D eigenvalue weighted by Crippen LogP contribution is 2.04. The number of ketones is 1. The van der Waals surface area contributed by atoms with Gasteiger partial charge in [0.2, 0.25) is 0 Å². The van der Waals surface area contributed by atoms with Crippen molar-refractivity contribution in [2.45, 2.75) is 0 Å². The first-order chi connectivity index (χ1) is 5.77. The number of benzene rings is 1. The Hall–Kier alpha value is -1.88. The van der Waals surface area contributed by atoms with Gasteiger partial charge in [0.1, 0.15) is 0 Å². The molecule has 2 nitrogen and oxygen atoms in total. The van der Waals surface area contributed by atoms with Crippen LogP contribution >= 0.6 is 0 Å². The van der Waals surface area contributed by atoms with E-state index in [1.165, 1.54) is 6.08 Å². The Balaban J connectivity index is 3.11. The fourth-order valence-corrected chi connectivity index (χ4v) is 0.860. The van der Waals surface area contributed by atoms with E-state index in [2.05, 4.69) is 6.58 Å². The number of hydrogen-bond acceptors (Lipinski definition) is 2. The molecule has 0 saturated carbocycles. The maximum absolute atomic E-state index is 11.1. The van der Waals surface area contributed by atoms with Crippen LogP contribution in [0.3, 0.4) is 0 Å². The molecule has 0 spiro atoms. The molecule has 1 aromatic carbocycles. The Labute approximate surface area is 70.8 Å². The van der Waals surface area contributed by atoms with Gasteiger partial charge >= 0.3 is 0 Å². The molecule has 0 aliphatic rings. The molecule has 0 aromatic heterocycles. The summed E-state index contributed by atoms with van der Waals surface area (Å²) in [4.78, 5) is 11.1. The Bertz CT molecular complexity index is 360. The van der Waals surface area contributed by atoms with Crippen LogP contribution < -0.4 is 0 Å². The van der Waals surface area contributed by atoms with Gasteiger partial charge in [-0.05, 0) is 18.2 Å². The van der Waals surface area contributed by atoms with Crippen LogP contribution in [0.15, 0.2) is 36.9 Å². The highest BCUT2D eigenvalue weighted by atomic mass is 16.1. The van der Waals surface area contributed by atoms with Crippen LogP contribution in [0.1, 0.15) is 15.9 Å². The van der Waals surface area contributed by atoms with Gasteiger partial charge in [0.25, 0.3) is 0 Å². The largest absolute Gasteiger partial charge is 0.289 e. The van der Waals surface area contributed by atoms with E-state index in [0.29, 0.717) is 11.1 Å². The Morgan fingerprint density at radius 3 is 2.92 bits per heavy atom. The summed E-state index contributed by atoms with van der Waals surface area (Å²) in [6.45, 7) is 3.36. The number of hydrogen-bond donors (Lipinski definition) is 0. The third-order valence-corrected chi connectivity index (χ3v) is 1.46. The minimum atomic E-state index is -0.160. The van der Waals surface area contributed by atoms with Crippen molar-refractivity contribution >= 4 is 5.78 Å². The number of rotatable bonds is 2. The molecule has 0 radical (unpaired) electrons. The summed E-state index contributed by atoms with van der Waals surface area (Å²) in [5.74, 6) is -0.160. The molecular weight excluding hydrogens is 150 g/mol. The van der Waals surface area contributed by atoms with Gasteiger partial charge in [-0.2, -0.15) is 5.26 Å². The van der Waals surface area contributed by atoms with Crippen molar-refractivity contribution in [3.63, 3.8) is 0 Å². The van der Waals surface area contributed by atoms with Crippen LogP contribution in [0.5, 0.6) is 0 Å². The predicted molar refractivity (Wildman–Crippen MR) is 45.7 cm³/mol. The summed E-state index contributed by atoms with van der Waals surface area (Å²) in [7, 11) is 0. The third-order valence-electron chi connectivity index (χ3n) is 1.46. The van der Waals surface area contributed by atoms with Crippen molar-refractivity contribution in [3.05, 3.63) is 48.0 Å². The van der Waals surface area contributed by atoms with E-state index in [9.17, 15) is 4.79 Å². The second-order valence-electron chi connectivity index (χ2n) is 2.26. The zero-order valence-electron chi connectivity index (χ0n) is 6.45. The highest BCUT2D eigenvalue weighted by molar-refractivity contribution is 6.04. The molecular formula is C10H7NO. The summed E-state index contributed by atoms with van der Waals surface area (Å²) in [5.41, 5.74) is 0.992. The van der Waals surface area contributed by atoms with Gasteiger partial charge in [-0.1, -0.05) is 18.7 Å². The molecule has 1 aromatic rings. The van der Waals surface area contributed by atoms with Crippen LogP contribution in [0.25, 0.3) is 0 Å². The average Bonchev–Trinajstić information content (AvgIpc) is 2.17. The molecule has 58 valence electrons. The van der Waals surface area contributed by atoms with Crippen molar-refractivity contribution < 1.29 is 4.79 Å². The molecule has 0 heterocycles. The average molecular weight is 157 g/mol. The van der Waals surface area contributed by atoms with Gasteiger partial charge < -0.3 is 0 Å². The summed E-state index contributed by atoms with van der Waals surface area (Å²) in [5, 5.41) is 8.53. The van der Waals surface area contributed by atoms with E-state index in [1.54, 1.807) is 24.3 Å². The van der Waals surface area contributed by atoms with E-state index in [-0.39, 0.29) is 5.78 Å². The molecule has 2 heteroatoms. The number of allylic oxidation sites excluding steroid dienone is 1. The molecule has 0 aliphatic carbocycles. The normalized spacial score (nSPS) is 8.58. The SMILES string of the molecule is C=CC(=O)c1cccc(C#N)c1. The zero-order valence-corrected chi connectivity index (χ0v) is 6.45. The van der Waals surface area contributed by atoms with Crippen LogP contribution in [0, 0.1) is 11.3 Å². The van der Waals surface area contributed by atoms with Crippen LogP contribution in [-0.2, 0) is 0 Å². The maximum Gasteiger partial charge on any atom is 0.185 e. The lowest BCUT2D eigenvalue weighted by atomic mass is 10.1. The van der Waals surface area contributed by atoms with Crippen LogP contribution in [-0.4, -0.2) is 5.78 Å². The minimum absolute atomic E-state index is 0.160. The Kier molecular flexibility index (Phi) is 2.39. The van der Waals surface area contributed by atoms with Gasteiger partial charge in [0, 0.05) is 5.56 Å². The summed E-state index contributed by atoms with van der Waals surface area (Å²) in [6, 6.07) is 8.49. The van der Waals surface area contributed by atoms with E-state index in [0.717, 1.165) is 0 Å². The maximum atomic E-state index is 11.1. The number of nitrogens with zero attached hydrogens (tertiary/aromatic N) is 1. The predicted octanol–water partition coefficient (Wildman–Crippen LogP) is 1.93. The van der Waals surface area contributed by atoms with E-state index in [4.69, 9.17) is 5.26 Å². The monoisotopic (exact) mass is 157 g/mol.